The zero-order chi connectivity index (χ0) is 20.1. The number of Topliss-reactive ketones (excluding diaryl/α,β-unsaturated/α-hetero) is 1. The molecule has 1 aliphatic rings. The fourth-order valence-electron chi connectivity index (χ4n) is 3.20. The van der Waals surface area contributed by atoms with Crippen LogP contribution in [-0.2, 0) is 11.2 Å². The summed E-state index contributed by atoms with van der Waals surface area (Å²) in [5, 5.41) is 0. The molecule has 0 aliphatic carbocycles. The van der Waals surface area contributed by atoms with Gasteiger partial charge in [0.1, 0.15) is 13.2 Å². The second kappa shape index (κ2) is 8.61. The van der Waals surface area contributed by atoms with E-state index in [2.05, 4.69) is 0 Å². The Labute approximate surface area is 168 Å². The van der Waals surface area contributed by atoms with Crippen LogP contribution in [0, 0.1) is 0 Å². The molecule has 0 saturated carbocycles. The average Bonchev–Trinajstić information content (AvgIpc) is 2.78. The molecular weight excluding hydrogens is 368 g/mol. The van der Waals surface area contributed by atoms with Crippen LogP contribution >= 0.6 is 0 Å². The second-order valence-electron chi connectivity index (χ2n) is 6.68. The van der Waals surface area contributed by atoms with Crippen molar-refractivity contribution in [3.05, 3.63) is 95.1 Å². The summed E-state index contributed by atoms with van der Waals surface area (Å²) in [6.07, 6.45) is 0.613. The van der Waals surface area contributed by atoms with Crippen molar-refractivity contribution < 1.29 is 23.8 Å². The molecule has 0 N–H and O–H groups in total. The van der Waals surface area contributed by atoms with Gasteiger partial charge in [0.05, 0.1) is 5.56 Å². The molecule has 0 saturated heterocycles. The molecule has 3 aromatic rings. The fraction of sp³-hybridized carbons (Fsp3) is 0.167. The maximum atomic E-state index is 12.6. The summed E-state index contributed by atoms with van der Waals surface area (Å²) in [6, 6.07) is 22.1. The maximum absolute atomic E-state index is 12.6. The highest BCUT2D eigenvalue weighted by Gasteiger charge is 2.18. The first-order valence-electron chi connectivity index (χ1n) is 9.42. The van der Waals surface area contributed by atoms with E-state index in [1.807, 2.05) is 42.5 Å². The minimum absolute atomic E-state index is 0.295. The number of carbonyl (C=O) groups excluding carboxylic acids is 2. The van der Waals surface area contributed by atoms with Gasteiger partial charge in [-0.05, 0) is 41.8 Å². The van der Waals surface area contributed by atoms with Gasteiger partial charge in [-0.3, -0.25) is 4.79 Å². The van der Waals surface area contributed by atoms with Crippen molar-refractivity contribution >= 4 is 11.8 Å². The predicted octanol–water partition coefficient (Wildman–Crippen LogP) is 4.09. The minimum Gasteiger partial charge on any atom is -0.486 e. The molecule has 146 valence electrons. The van der Waals surface area contributed by atoms with Gasteiger partial charge in [0.15, 0.2) is 23.9 Å². The van der Waals surface area contributed by atoms with E-state index in [0.29, 0.717) is 42.3 Å². The molecule has 3 aromatic carbocycles. The molecule has 1 aliphatic heterocycles. The summed E-state index contributed by atoms with van der Waals surface area (Å²) in [7, 11) is 0. The second-order valence-corrected chi connectivity index (χ2v) is 6.68. The molecular formula is C24H20O5. The molecule has 0 fully saturated rings. The summed E-state index contributed by atoms with van der Waals surface area (Å²) in [4.78, 5) is 25.1. The molecule has 4 rings (SSSR count). The monoisotopic (exact) mass is 388 g/mol. The lowest BCUT2D eigenvalue weighted by Gasteiger charge is -2.18. The summed E-state index contributed by atoms with van der Waals surface area (Å²) in [6.45, 7) is 0.594. The van der Waals surface area contributed by atoms with E-state index in [-0.39, 0.29) is 12.4 Å². The first-order valence-corrected chi connectivity index (χ1v) is 9.42. The number of hydrogen-bond acceptors (Lipinski definition) is 5. The molecule has 0 atom stereocenters. The smallest absolute Gasteiger partial charge is 0.338 e. The van der Waals surface area contributed by atoms with Crippen molar-refractivity contribution in [2.24, 2.45) is 0 Å². The number of ketones is 1. The third-order valence-corrected chi connectivity index (χ3v) is 4.67. The van der Waals surface area contributed by atoms with Crippen LogP contribution in [0.5, 0.6) is 11.5 Å². The SMILES string of the molecule is O=C(COC(=O)c1ccccc1Cc1ccccc1)c1ccc2c(c1)OCCO2. The third kappa shape index (κ3) is 4.46. The fourth-order valence-corrected chi connectivity index (χ4v) is 3.20. The Morgan fingerprint density at radius 1 is 0.828 bits per heavy atom. The van der Waals surface area contributed by atoms with Crippen molar-refractivity contribution in [2.45, 2.75) is 6.42 Å². The van der Waals surface area contributed by atoms with Crippen LogP contribution in [0.25, 0.3) is 0 Å². The van der Waals surface area contributed by atoms with Gasteiger partial charge in [-0.2, -0.15) is 0 Å². The van der Waals surface area contributed by atoms with Crippen LogP contribution in [0.15, 0.2) is 72.8 Å². The van der Waals surface area contributed by atoms with Gasteiger partial charge in [0, 0.05) is 5.56 Å². The first-order chi connectivity index (χ1) is 14.2. The lowest BCUT2D eigenvalue weighted by Crippen LogP contribution is -2.18. The number of ether oxygens (including phenoxy) is 3. The standard InChI is InChI=1S/C24H20O5/c25-21(19-10-11-22-23(15-19)28-13-12-27-22)16-29-24(26)20-9-5-4-8-18(20)14-17-6-2-1-3-7-17/h1-11,15H,12-14,16H2. The highest BCUT2D eigenvalue weighted by Crippen LogP contribution is 2.30. The first kappa shape index (κ1) is 18.7. The lowest BCUT2D eigenvalue weighted by atomic mass is 10.00. The normalized spacial score (nSPS) is 12.3. The molecule has 0 radical (unpaired) electrons. The van der Waals surface area contributed by atoms with E-state index >= 15 is 0 Å². The van der Waals surface area contributed by atoms with Gasteiger partial charge >= 0.3 is 5.97 Å². The number of benzene rings is 3. The molecule has 5 nitrogen and oxygen atoms in total. The number of rotatable bonds is 6. The Morgan fingerprint density at radius 2 is 1.55 bits per heavy atom. The molecule has 5 heteroatoms. The lowest BCUT2D eigenvalue weighted by molar-refractivity contribution is 0.0473. The number of hydrogen-bond donors (Lipinski definition) is 0. The van der Waals surface area contributed by atoms with Gasteiger partial charge < -0.3 is 14.2 Å². The largest absolute Gasteiger partial charge is 0.486 e. The van der Waals surface area contributed by atoms with Gasteiger partial charge in [-0.25, -0.2) is 4.79 Å². The Bertz CT molecular complexity index is 1030. The van der Waals surface area contributed by atoms with E-state index < -0.39 is 5.97 Å². The van der Waals surface area contributed by atoms with E-state index in [1.54, 1.807) is 30.3 Å². The molecule has 0 aromatic heterocycles. The molecule has 1 heterocycles. The summed E-state index contributed by atoms with van der Waals surface area (Å²) >= 11 is 0. The van der Waals surface area contributed by atoms with Gasteiger partial charge in [-0.15, -0.1) is 0 Å². The molecule has 0 unspecified atom stereocenters. The number of fused-ring (bicyclic) bond motifs is 1. The Kier molecular flexibility index (Phi) is 5.56. The van der Waals surface area contributed by atoms with Crippen LogP contribution in [0.4, 0.5) is 0 Å². The van der Waals surface area contributed by atoms with Crippen LogP contribution in [0.1, 0.15) is 31.8 Å². The van der Waals surface area contributed by atoms with E-state index in [0.717, 1.165) is 11.1 Å². The van der Waals surface area contributed by atoms with Crippen molar-refractivity contribution in [2.75, 3.05) is 19.8 Å². The van der Waals surface area contributed by atoms with E-state index in [1.165, 1.54) is 0 Å². The van der Waals surface area contributed by atoms with E-state index in [4.69, 9.17) is 14.2 Å². The van der Waals surface area contributed by atoms with Crippen LogP contribution in [0.3, 0.4) is 0 Å². The molecule has 0 spiro atoms. The number of esters is 1. The third-order valence-electron chi connectivity index (χ3n) is 4.67. The van der Waals surface area contributed by atoms with Gasteiger partial charge in [0.2, 0.25) is 0 Å². The Hall–Kier alpha value is -3.60. The maximum Gasteiger partial charge on any atom is 0.338 e. The molecule has 29 heavy (non-hydrogen) atoms. The zero-order valence-corrected chi connectivity index (χ0v) is 15.8. The highest BCUT2D eigenvalue weighted by atomic mass is 16.6. The zero-order valence-electron chi connectivity index (χ0n) is 15.8. The average molecular weight is 388 g/mol. The van der Waals surface area contributed by atoms with Crippen molar-refractivity contribution in [3.8, 4) is 11.5 Å². The van der Waals surface area contributed by atoms with Crippen molar-refractivity contribution in [3.63, 3.8) is 0 Å². The Morgan fingerprint density at radius 3 is 2.38 bits per heavy atom. The quantitative estimate of drug-likeness (QED) is 0.470. The number of carbonyl (C=O) groups is 2. The molecule has 0 amide bonds. The van der Waals surface area contributed by atoms with Gasteiger partial charge in [-0.1, -0.05) is 48.5 Å². The summed E-state index contributed by atoms with van der Waals surface area (Å²) in [5.74, 6) is 0.333. The van der Waals surface area contributed by atoms with Crippen molar-refractivity contribution in [1.82, 2.24) is 0 Å². The topological polar surface area (TPSA) is 61.8 Å². The minimum atomic E-state index is -0.512. The Balaban J connectivity index is 1.43. The summed E-state index contributed by atoms with van der Waals surface area (Å²) < 4.78 is 16.3. The van der Waals surface area contributed by atoms with Crippen LogP contribution < -0.4 is 9.47 Å². The van der Waals surface area contributed by atoms with Gasteiger partial charge in [0.25, 0.3) is 0 Å². The molecule has 0 bridgehead atoms. The summed E-state index contributed by atoms with van der Waals surface area (Å²) in [5.41, 5.74) is 2.83. The van der Waals surface area contributed by atoms with Crippen LogP contribution in [0.2, 0.25) is 0 Å². The van der Waals surface area contributed by atoms with Crippen LogP contribution in [-0.4, -0.2) is 31.6 Å². The predicted molar refractivity (Wildman–Crippen MR) is 108 cm³/mol. The highest BCUT2D eigenvalue weighted by molar-refractivity contribution is 6.00. The van der Waals surface area contributed by atoms with E-state index in [9.17, 15) is 9.59 Å². The van der Waals surface area contributed by atoms with Crippen molar-refractivity contribution in [1.29, 1.82) is 0 Å².